The third kappa shape index (κ3) is 3.96. The van der Waals surface area contributed by atoms with Crippen LogP contribution in [-0.2, 0) is 0 Å². The van der Waals surface area contributed by atoms with Crippen molar-refractivity contribution in [2.24, 2.45) is 0 Å². The highest BCUT2D eigenvalue weighted by Crippen LogP contribution is 2.16. The second-order valence-electron chi connectivity index (χ2n) is 3.63. The highest BCUT2D eigenvalue weighted by atomic mass is 16.5. The minimum Gasteiger partial charge on any atom is -0.497 e. The summed E-state index contributed by atoms with van der Waals surface area (Å²) in [4.78, 5) is 0. The van der Waals surface area contributed by atoms with Crippen LogP contribution >= 0.6 is 0 Å². The molecule has 0 saturated heterocycles. The number of benzene rings is 1. The predicted octanol–water partition coefficient (Wildman–Crippen LogP) is 2.76. The smallest absolute Gasteiger partial charge is 0.118 e. The third-order valence-corrected chi connectivity index (χ3v) is 2.49. The van der Waals surface area contributed by atoms with Crippen molar-refractivity contribution in [2.75, 3.05) is 13.7 Å². The van der Waals surface area contributed by atoms with Gasteiger partial charge >= 0.3 is 0 Å². The first-order chi connectivity index (χ1) is 7.77. The van der Waals surface area contributed by atoms with Crippen LogP contribution in [-0.4, -0.2) is 13.7 Å². The SMILES string of the molecule is CC#CCCNC(C)c1ccc(OC)cc1. The molecule has 0 heterocycles. The van der Waals surface area contributed by atoms with Gasteiger partial charge in [0.2, 0.25) is 0 Å². The second-order valence-corrected chi connectivity index (χ2v) is 3.63. The molecule has 86 valence electrons. The molecule has 1 aromatic rings. The molecule has 1 N–H and O–H groups in total. The van der Waals surface area contributed by atoms with Crippen LogP contribution in [0.1, 0.15) is 31.9 Å². The van der Waals surface area contributed by atoms with E-state index in [0.717, 1.165) is 18.7 Å². The molecule has 0 spiro atoms. The Labute approximate surface area is 98.0 Å². The number of hydrogen-bond donors (Lipinski definition) is 1. The molecular formula is C14H19NO. The van der Waals surface area contributed by atoms with Gasteiger partial charge in [0, 0.05) is 19.0 Å². The number of hydrogen-bond acceptors (Lipinski definition) is 2. The van der Waals surface area contributed by atoms with Gasteiger partial charge in [-0.15, -0.1) is 11.8 Å². The van der Waals surface area contributed by atoms with Crippen LogP contribution < -0.4 is 10.1 Å². The van der Waals surface area contributed by atoms with E-state index >= 15 is 0 Å². The van der Waals surface area contributed by atoms with Gasteiger partial charge in [-0.05, 0) is 31.5 Å². The van der Waals surface area contributed by atoms with Crippen molar-refractivity contribution in [1.29, 1.82) is 0 Å². The van der Waals surface area contributed by atoms with Crippen molar-refractivity contribution in [2.45, 2.75) is 26.3 Å². The van der Waals surface area contributed by atoms with Gasteiger partial charge in [0.25, 0.3) is 0 Å². The average Bonchev–Trinajstić information content (AvgIpc) is 2.34. The van der Waals surface area contributed by atoms with Gasteiger partial charge in [0.15, 0.2) is 0 Å². The number of methoxy groups -OCH3 is 1. The standard InChI is InChI=1S/C14H19NO/c1-4-5-6-11-15-12(2)13-7-9-14(16-3)10-8-13/h7-10,12,15H,6,11H2,1-3H3. The van der Waals surface area contributed by atoms with Crippen LogP contribution in [0.15, 0.2) is 24.3 Å². The molecule has 0 bridgehead atoms. The predicted molar refractivity (Wildman–Crippen MR) is 67.5 cm³/mol. The maximum absolute atomic E-state index is 5.12. The van der Waals surface area contributed by atoms with Crippen LogP contribution in [0.25, 0.3) is 0 Å². The summed E-state index contributed by atoms with van der Waals surface area (Å²) in [6.07, 6.45) is 0.900. The van der Waals surface area contributed by atoms with Gasteiger partial charge in [-0.25, -0.2) is 0 Å². The Kier molecular flexibility index (Phi) is 5.45. The van der Waals surface area contributed by atoms with Gasteiger partial charge in [0.1, 0.15) is 5.75 Å². The van der Waals surface area contributed by atoms with Crippen LogP contribution in [0.3, 0.4) is 0 Å². The van der Waals surface area contributed by atoms with E-state index in [1.165, 1.54) is 5.56 Å². The maximum atomic E-state index is 5.12. The molecule has 0 aliphatic carbocycles. The molecule has 0 saturated carbocycles. The van der Waals surface area contributed by atoms with E-state index < -0.39 is 0 Å². The Morgan fingerprint density at radius 3 is 2.56 bits per heavy atom. The van der Waals surface area contributed by atoms with E-state index in [0.29, 0.717) is 6.04 Å². The van der Waals surface area contributed by atoms with E-state index in [2.05, 4.69) is 36.2 Å². The van der Waals surface area contributed by atoms with Crippen molar-refractivity contribution in [1.82, 2.24) is 5.32 Å². The number of ether oxygens (including phenoxy) is 1. The van der Waals surface area contributed by atoms with Gasteiger partial charge in [0.05, 0.1) is 7.11 Å². The molecule has 0 aromatic heterocycles. The molecule has 1 unspecified atom stereocenters. The summed E-state index contributed by atoms with van der Waals surface area (Å²) in [7, 11) is 1.68. The average molecular weight is 217 g/mol. The van der Waals surface area contributed by atoms with E-state index in [-0.39, 0.29) is 0 Å². The third-order valence-electron chi connectivity index (χ3n) is 2.49. The first-order valence-corrected chi connectivity index (χ1v) is 5.55. The molecule has 0 radical (unpaired) electrons. The summed E-state index contributed by atoms with van der Waals surface area (Å²) in [5, 5.41) is 3.43. The van der Waals surface area contributed by atoms with Crippen LogP contribution in [0, 0.1) is 11.8 Å². The van der Waals surface area contributed by atoms with E-state index in [1.807, 2.05) is 19.1 Å². The quantitative estimate of drug-likeness (QED) is 0.605. The van der Waals surface area contributed by atoms with Gasteiger partial charge in [-0.2, -0.15) is 0 Å². The maximum Gasteiger partial charge on any atom is 0.118 e. The van der Waals surface area contributed by atoms with E-state index in [9.17, 15) is 0 Å². The molecule has 1 rings (SSSR count). The first kappa shape index (κ1) is 12.6. The van der Waals surface area contributed by atoms with Gasteiger partial charge in [-0.3, -0.25) is 0 Å². The molecule has 0 aliphatic rings. The Balaban J connectivity index is 2.44. The largest absolute Gasteiger partial charge is 0.497 e. The Morgan fingerprint density at radius 2 is 2.00 bits per heavy atom. The van der Waals surface area contributed by atoms with Gasteiger partial charge in [-0.1, -0.05) is 12.1 Å². The van der Waals surface area contributed by atoms with E-state index in [1.54, 1.807) is 7.11 Å². The van der Waals surface area contributed by atoms with Crippen molar-refractivity contribution < 1.29 is 4.74 Å². The van der Waals surface area contributed by atoms with Crippen LogP contribution in [0.5, 0.6) is 5.75 Å². The molecule has 0 amide bonds. The summed E-state index contributed by atoms with van der Waals surface area (Å²) in [5.74, 6) is 6.83. The fourth-order valence-corrected chi connectivity index (χ4v) is 1.49. The lowest BCUT2D eigenvalue weighted by molar-refractivity contribution is 0.414. The highest BCUT2D eigenvalue weighted by molar-refractivity contribution is 5.28. The fourth-order valence-electron chi connectivity index (χ4n) is 1.49. The lowest BCUT2D eigenvalue weighted by atomic mass is 10.1. The van der Waals surface area contributed by atoms with Crippen molar-refractivity contribution >= 4 is 0 Å². The van der Waals surface area contributed by atoms with Crippen molar-refractivity contribution in [3.63, 3.8) is 0 Å². The molecule has 1 atom stereocenters. The lowest BCUT2D eigenvalue weighted by Gasteiger charge is -2.13. The summed E-state index contributed by atoms with van der Waals surface area (Å²) in [5.41, 5.74) is 1.27. The number of rotatable bonds is 5. The molecule has 0 aliphatic heterocycles. The van der Waals surface area contributed by atoms with E-state index in [4.69, 9.17) is 4.74 Å². The first-order valence-electron chi connectivity index (χ1n) is 5.55. The summed E-state index contributed by atoms with van der Waals surface area (Å²) in [6.45, 7) is 4.95. The zero-order valence-electron chi connectivity index (χ0n) is 10.2. The minimum absolute atomic E-state index is 0.351. The summed E-state index contributed by atoms with van der Waals surface area (Å²) in [6, 6.07) is 8.49. The topological polar surface area (TPSA) is 21.3 Å². The Morgan fingerprint density at radius 1 is 1.31 bits per heavy atom. The minimum atomic E-state index is 0.351. The number of nitrogens with one attached hydrogen (secondary N) is 1. The molecule has 2 heteroatoms. The van der Waals surface area contributed by atoms with Crippen LogP contribution in [0.2, 0.25) is 0 Å². The zero-order valence-corrected chi connectivity index (χ0v) is 10.2. The molecular weight excluding hydrogens is 198 g/mol. The van der Waals surface area contributed by atoms with Crippen LogP contribution in [0.4, 0.5) is 0 Å². The molecule has 1 aromatic carbocycles. The second kappa shape index (κ2) is 6.92. The van der Waals surface area contributed by atoms with Gasteiger partial charge < -0.3 is 10.1 Å². The Hall–Kier alpha value is -1.46. The normalized spacial score (nSPS) is 11.4. The molecule has 0 fully saturated rings. The highest BCUT2D eigenvalue weighted by Gasteiger charge is 2.03. The summed E-state index contributed by atoms with van der Waals surface area (Å²) < 4.78 is 5.12. The lowest BCUT2D eigenvalue weighted by Crippen LogP contribution is -2.19. The summed E-state index contributed by atoms with van der Waals surface area (Å²) >= 11 is 0. The molecule has 16 heavy (non-hydrogen) atoms. The Bertz CT molecular complexity index is 359. The zero-order chi connectivity index (χ0) is 11.8. The van der Waals surface area contributed by atoms with Crippen molar-refractivity contribution in [3.05, 3.63) is 29.8 Å². The van der Waals surface area contributed by atoms with Crippen molar-refractivity contribution in [3.8, 4) is 17.6 Å². The fraction of sp³-hybridized carbons (Fsp3) is 0.429. The monoisotopic (exact) mass is 217 g/mol. The molecule has 2 nitrogen and oxygen atoms in total.